The van der Waals surface area contributed by atoms with Gasteiger partial charge in [0.1, 0.15) is 6.79 Å². The average Bonchev–Trinajstić information content (AvgIpc) is 2.16. The summed E-state index contributed by atoms with van der Waals surface area (Å²) in [4.78, 5) is 10.9. The van der Waals surface area contributed by atoms with Crippen LogP contribution < -0.4 is 5.32 Å². The summed E-state index contributed by atoms with van der Waals surface area (Å²) >= 11 is 0. The molecule has 76 valence electrons. The van der Waals surface area contributed by atoms with E-state index in [1.807, 2.05) is 0 Å². The molecular weight excluding hydrogens is 178 g/mol. The number of carbonyl (C=O) groups excluding carboxylic acids is 1. The minimum Gasteiger partial charge on any atom is -0.441 e. The summed E-state index contributed by atoms with van der Waals surface area (Å²) in [6.45, 7) is 1.04. The molecule has 0 aromatic heterocycles. The number of rotatable bonds is 3. The number of aliphatic hydroxyl groups excluding tert-OH is 1. The van der Waals surface area contributed by atoms with Crippen LogP contribution in [0.25, 0.3) is 0 Å². The Morgan fingerprint density at radius 3 is 2.85 bits per heavy atom. The second-order valence-electron chi connectivity index (χ2n) is 2.54. The molecular formula is C7H13NO5. The molecule has 13 heavy (non-hydrogen) atoms. The molecule has 0 bridgehead atoms. The number of aliphatic hydroxyl groups is 1. The fraction of sp³-hybridized carbons (Fsp3) is 0.857. The van der Waals surface area contributed by atoms with E-state index in [4.69, 9.17) is 19.3 Å². The van der Waals surface area contributed by atoms with Crippen molar-refractivity contribution in [2.24, 2.45) is 0 Å². The lowest BCUT2D eigenvalue weighted by atomic mass is 10.4. The summed E-state index contributed by atoms with van der Waals surface area (Å²) in [6.07, 6.45) is -0.916. The standard InChI is InChI=1S/C7H13NO5/c9-2-1-8-7(10)13-6-3-11-5-12-4-6/h6,9H,1-5H2,(H,8,10). The van der Waals surface area contributed by atoms with E-state index in [1.54, 1.807) is 0 Å². The van der Waals surface area contributed by atoms with E-state index in [-0.39, 0.29) is 26.0 Å². The number of ether oxygens (including phenoxy) is 3. The number of hydrogen-bond acceptors (Lipinski definition) is 5. The van der Waals surface area contributed by atoms with Crippen LogP contribution in [0, 0.1) is 0 Å². The van der Waals surface area contributed by atoms with Gasteiger partial charge in [-0.1, -0.05) is 0 Å². The van der Waals surface area contributed by atoms with Crippen LogP contribution >= 0.6 is 0 Å². The number of carbonyl (C=O) groups is 1. The number of nitrogens with one attached hydrogen (secondary N) is 1. The zero-order valence-corrected chi connectivity index (χ0v) is 7.19. The van der Waals surface area contributed by atoms with Gasteiger partial charge in [-0.2, -0.15) is 0 Å². The van der Waals surface area contributed by atoms with Gasteiger partial charge in [-0.25, -0.2) is 4.79 Å². The van der Waals surface area contributed by atoms with Gasteiger partial charge in [0.05, 0.1) is 19.8 Å². The number of amides is 1. The first kappa shape index (κ1) is 10.2. The van der Waals surface area contributed by atoms with E-state index in [0.29, 0.717) is 13.2 Å². The molecule has 1 aliphatic heterocycles. The molecule has 0 aromatic carbocycles. The molecule has 1 aliphatic rings. The van der Waals surface area contributed by atoms with Crippen LogP contribution in [-0.2, 0) is 14.2 Å². The van der Waals surface area contributed by atoms with Crippen LogP contribution in [0.4, 0.5) is 4.79 Å². The molecule has 0 atom stereocenters. The third-order valence-electron chi connectivity index (χ3n) is 1.43. The van der Waals surface area contributed by atoms with Crippen molar-refractivity contribution in [3.63, 3.8) is 0 Å². The van der Waals surface area contributed by atoms with Crippen LogP contribution in [0.2, 0.25) is 0 Å². The molecule has 0 aliphatic carbocycles. The van der Waals surface area contributed by atoms with Crippen molar-refractivity contribution in [2.45, 2.75) is 6.10 Å². The van der Waals surface area contributed by atoms with Crippen molar-refractivity contribution in [1.82, 2.24) is 5.32 Å². The minimum absolute atomic E-state index is 0.104. The first-order valence-corrected chi connectivity index (χ1v) is 4.03. The maximum absolute atomic E-state index is 10.9. The van der Waals surface area contributed by atoms with E-state index in [9.17, 15) is 4.79 Å². The first-order valence-electron chi connectivity index (χ1n) is 4.03. The molecule has 1 amide bonds. The van der Waals surface area contributed by atoms with Gasteiger partial charge in [0.15, 0.2) is 6.10 Å². The van der Waals surface area contributed by atoms with E-state index in [1.165, 1.54) is 0 Å². The highest BCUT2D eigenvalue weighted by Gasteiger charge is 2.18. The van der Waals surface area contributed by atoms with Gasteiger partial charge >= 0.3 is 6.09 Å². The lowest BCUT2D eigenvalue weighted by Crippen LogP contribution is -2.37. The second-order valence-corrected chi connectivity index (χ2v) is 2.54. The van der Waals surface area contributed by atoms with E-state index < -0.39 is 6.09 Å². The topological polar surface area (TPSA) is 77.0 Å². The Morgan fingerprint density at radius 1 is 1.54 bits per heavy atom. The molecule has 1 saturated heterocycles. The van der Waals surface area contributed by atoms with Crippen molar-refractivity contribution in [2.75, 3.05) is 33.2 Å². The van der Waals surface area contributed by atoms with Crippen molar-refractivity contribution < 1.29 is 24.1 Å². The van der Waals surface area contributed by atoms with Gasteiger partial charge in [0.25, 0.3) is 0 Å². The Morgan fingerprint density at radius 2 is 2.23 bits per heavy atom. The van der Waals surface area contributed by atoms with Gasteiger partial charge in [-0.05, 0) is 0 Å². The van der Waals surface area contributed by atoms with Gasteiger partial charge in [-0.15, -0.1) is 0 Å². The quantitative estimate of drug-likeness (QED) is 0.603. The lowest BCUT2D eigenvalue weighted by molar-refractivity contribution is -0.151. The highest BCUT2D eigenvalue weighted by molar-refractivity contribution is 5.67. The SMILES string of the molecule is O=C(NCCO)OC1COCOC1. The third-order valence-corrected chi connectivity index (χ3v) is 1.43. The van der Waals surface area contributed by atoms with E-state index >= 15 is 0 Å². The van der Waals surface area contributed by atoms with Crippen LogP contribution in [0.3, 0.4) is 0 Å². The molecule has 6 heteroatoms. The molecule has 0 aromatic rings. The van der Waals surface area contributed by atoms with E-state index in [2.05, 4.69) is 5.32 Å². The van der Waals surface area contributed by atoms with Crippen molar-refractivity contribution in [3.8, 4) is 0 Å². The highest BCUT2D eigenvalue weighted by Crippen LogP contribution is 2.01. The number of hydrogen-bond donors (Lipinski definition) is 2. The summed E-state index contributed by atoms with van der Waals surface area (Å²) in [5.74, 6) is 0. The highest BCUT2D eigenvalue weighted by atomic mass is 16.7. The zero-order chi connectivity index (χ0) is 9.52. The van der Waals surface area contributed by atoms with Crippen LogP contribution in [-0.4, -0.2) is 50.5 Å². The summed E-state index contributed by atoms with van der Waals surface area (Å²) < 4.78 is 14.7. The first-order chi connectivity index (χ1) is 6.33. The lowest BCUT2D eigenvalue weighted by Gasteiger charge is -2.22. The zero-order valence-electron chi connectivity index (χ0n) is 7.19. The molecule has 0 radical (unpaired) electrons. The summed E-state index contributed by atoms with van der Waals surface area (Å²) in [5, 5.41) is 10.8. The summed E-state index contributed by atoms with van der Waals surface area (Å²) in [5.41, 5.74) is 0. The van der Waals surface area contributed by atoms with Crippen LogP contribution in [0.15, 0.2) is 0 Å². The molecule has 6 nitrogen and oxygen atoms in total. The number of alkyl carbamates (subject to hydrolysis) is 1. The van der Waals surface area contributed by atoms with Gasteiger partial charge in [-0.3, -0.25) is 0 Å². The van der Waals surface area contributed by atoms with Crippen molar-refractivity contribution >= 4 is 6.09 Å². The summed E-state index contributed by atoms with van der Waals surface area (Å²) in [6, 6.07) is 0. The Hall–Kier alpha value is -0.850. The minimum atomic E-state index is -0.562. The smallest absolute Gasteiger partial charge is 0.407 e. The van der Waals surface area contributed by atoms with Gasteiger partial charge in [0, 0.05) is 6.54 Å². The van der Waals surface area contributed by atoms with Gasteiger partial charge < -0.3 is 24.6 Å². The Labute approximate surface area is 75.8 Å². The van der Waals surface area contributed by atoms with Crippen LogP contribution in [0.1, 0.15) is 0 Å². The second kappa shape index (κ2) is 5.74. The third kappa shape index (κ3) is 4.07. The molecule has 1 heterocycles. The Balaban J connectivity index is 2.11. The average molecular weight is 191 g/mol. The Bertz CT molecular complexity index is 157. The largest absolute Gasteiger partial charge is 0.441 e. The molecule has 2 N–H and O–H groups in total. The molecule has 0 saturated carbocycles. The Kier molecular flexibility index (Phi) is 4.52. The predicted octanol–water partition coefficient (Wildman–Crippen LogP) is -0.922. The fourth-order valence-electron chi connectivity index (χ4n) is 0.885. The molecule has 1 rings (SSSR count). The molecule has 1 fully saturated rings. The molecule has 0 unspecified atom stereocenters. The monoisotopic (exact) mass is 191 g/mol. The van der Waals surface area contributed by atoms with E-state index in [0.717, 1.165) is 0 Å². The van der Waals surface area contributed by atoms with Gasteiger partial charge in [0.2, 0.25) is 0 Å². The summed E-state index contributed by atoms with van der Waals surface area (Å²) in [7, 11) is 0. The maximum atomic E-state index is 10.9. The van der Waals surface area contributed by atoms with Crippen molar-refractivity contribution in [3.05, 3.63) is 0 Å². The van der Waals surface area contributed by atoms with Crippen molar-refractivity contribution in [1.29, 1.82) is 0 Å². The predicted molar refractivity (Wildman–Crippen MR) is 42.1 cm³/mol. The van der Waals surface area contributed by atoms with Crippen LogP contribution in [0.5, 0.6) is 0 Å². The normalized spacial score (nSPS) is 18.2. The molecule has 0 spiro atoms. The fourth-order valence-corrected chi connectivity index (χ4v) is 0.885. The maximum Gasteiger partial charge on any atom is 0.407 e.